The number of fused-ring (bicyclic) bond motifs is 6. The van der Waals surface area contributed by atoms with Crippen LogP contribution in [0.15, 0.2) is 169 Å². The Morgan fingerprint density at radius 1 is 0.407 bits per heavy atom. The number of unbranched alkanes of at least 4 members (excludes halogenated alkanes) is 2. The molecule has 8 aromatic carbocycles. The summed E-state index contributed by atoms with van der Waals surface area (Å²) >= 11 is -3.10. The Morgan fingerprint density at radius 3 is 1.17 bits per heavy atom. The molecule has 59 heavy (non-hydrogen) atoms. The first-order valence-electron chi connectivity index (χ1n) is 21.7. The van der Waals surface area contributed by atoms with Crippen molar-refractivity contribution < 1.29 is 45.1 Å². The van der Waals surface area contributed by atoms with Crippen LogP contribution in [-0.2, 0) is 20.3 Å². The number of hydrogen-bond donors (Lipinski definition) is 0. The van der Waals surface area contributed by atoms with Crippen LogP contribution in [0.1, 0.15) is 93.0 Å². The summed E-state index contributed by atoms with van der Waals surface area (Å²) in [6.07, 6.45) is 7.31. The molecular weight excluding hydrogens is 835 g/mol. The Morgan fingerprint density at radius 2 is 0.763 bits per heavy atom. The fraction of sp³-hybridized carbons (Fsp3) is 0.214. The van der Waals surface area contributed by atoms with E-state index in [0.29, 0.717) is 7.25 Å². The minimum atomic E-state index is -3.10. The maximum absolute atomic E-state index is 3.10. The van der Waals surface area contributed by atoms with Crippen molar-refractivity contribution in [1.29, 1.82) is 0 Å². The standard InChI is InChI=1S/2C27H23.C2H4.2ClH.Zr/c2*1-2-3-9-23-17-21-12-6-7-14-24(21)27(23)25-15-8-13-22-16-19-10-4-5-11-20(19)18-26(22)25;1-2;;;/h2*4-8,10-18H,2-3,9H2,1H3;1-2H2;2*1H;/q;;;;;+2/p-2. The first-order chi connectivity index (χ1) is 28.2. The van der Waals surface area contributed by atoms with E-state index in [1.54, 1.807) is 33.4 Å². The van der Waals surface area contributed by atoms with Crippen molar-refractivity contribution in [2.75, 3.05) is 0 Å². The number of halogens is 2. The van der Waals surface area contributed by atoms with Crippen LogP contribution >= 0.6 is 0 Å². The summed E-state index contributed by atoms with van der Waals surface area (Å²) in [7, 11) is 0. The fourth-order valence-corrected chi connectivity index (χ4v) is 29.1. The van der Waals surface area contributed by atoms with Crippen LogP contribution in [0.2, 0.25) is 8.26 Å². The molecule has 0 aromatic heterocycles. The van der Waals surface area contributed by atoms with Gasteiger partial charge in [-0.05, 0) is 0 Å². The average molecular weight is 885 g/mol. The van der Waals surface area contributed by atoms with Gasteiger partial charge in [0.1, 0.15) is 0 Å². The molecule has 1 heterocycles. The van der Waals surface area contributed by atoms with Crippen LogP contribution in [0.4, 0.5) is 0 Å². The Labute approximate surface area is 366 Å². The molecule has 0 amide bonds. The number of rotatable bonds is 10. The molecule has 2 unspecified atom stereocenters. The van der Waals surface area contributed by atoms with E-state index in [4.69, 9.17) is 0 Å². The van der Waals surface area contributed by atoms with Crippen molar-refractivity contribution >= 4 is 54.2 Å². The topological polar surface area (TPSA) is 0 Å². The average Bonchev–Trinajstić information content (AvgIpc) is 3.87. The quantitative estimate of drug-likeness (QED) is 0.120. The van der Waals surface area contributed by atoms with Gasteiger partial charge in [0.25, 0.3) is 0 Å². The SMILES string of the molecule is CCCCC1=C(c2cccc3cc4ccccc4cc23)c2ccccc2[CH]1[Zr+2]1([CH]2C(CCCC)=C(c3cccc4cc5ccccc5cc34)c3ccccc32)[CH2][CH2]1.[Cl-].[Cl-]. The molecule has 3 heteroatoms. The third-order valence-electron chi connectivity index (χ3n) is 14.0. The predicted octanol–water partition coefficient (Wildman–Crippen LogP) is 10.1. The number of hydrogen-bond acceptors (Lipinski definition) is 0. The van der Waals surface area contributed by atoms with Gasteiger partial charge >= 0.3 is 345 Å². The molecule has 292 valence electrons. The largest absolute Gasteiger partial charge is 1.00 e. The summed E-state index contributed by atoms with van der Waals surface area (Å²) in [5, 5.41) is 10.8. The van der Waals surface area contributed by atoms with Gasteiger partial charge in [0, 0.05) is 0 Å². The first kappa shape index (κ1) is 40.2. The molecule has 0 bridgehead atoms. The minimum Gasteiger partial charge on any atom is -1.00 e. The molecule has 0 nitrogen and oxygen atoms in total. The Balaban J connectivity index is 0.00000224. The predicted molar refractivity (Wildman–Crippen MR) is 242 cm³/mol. The van der Waals surface area contributed by atoms with Crippen molar-refractivity contribution in [2.24, 2.45) is 0 Å². The molecule has 0 N–H and O–H groups in total. The second-order valence-corrected chi connectivity index (χ2v) is 28.6. The molecule has 2 aliphatic carbocycles. The normalized spacial score (nSPS) is 17.1. The summed E-state index contributed by atoms with van der Waals surface area (Å²) in [6, 6.07) is 61.2. The molecule has 8 aromatic rings. The number of benzene rings is 8. The summed E-state index contributed by atoms with van der Waals surface area (Å²) in [5.41, 5.74) is 15.9. The van der Waals surface area contributed by atoms with E-state index < -0.39 is 20.3 Å². The molecule has 0 spiro atoms. The smallest absolute Gasteiger partial charge is 1.00 e. The van der Waals surface area contributed by atoms with E-state index in [1.165, 1.54) is 112 Å². The van der Waals surface area contributed by atoms with E-state index in [9.17, 15) is 0 Å². The van der Waals surface area contributed by atoms with Gasteiger partial charge < -0.3 is 24.8 Å². The zero-order valence-electron chi connectivity index (χ0n) is 34.1. The second-order valence-electron chi connectivity index (χ2n) is 17.2. The molecule has 1 aliphatic heterocycles. The summed E-state index contributed by atoms with van der Waals surface area (Å²) < 4.78 is 4.13. The first-order valence-corrected chi connectivity index (χ1v) is 28.0. The van der Waals surface area contributed by atoms with Gasteiger partial charge in [0.05, 0.1) is 0 Å². The zero-order chi connectivity index (χ0) is 38.1. The third kappa shape index (κ3) is 6.50. The Hall–Kier alpha value is -4.26. The van der Waals surface area contributed by atoms with Crippen molar-refractivity contribution in [3.05, 3.63) is 202 Å². The van der Waals surface area contributed by atoms with E-state index in [1.807, 2.05) is 0 Å². The molecule has 11 rings (SSSR count). The summed E-state index contributed by atoms with van der Waals surface area (Å²) in [5.74, 6) is 0. The minimum absolute atomic E-state index is 0. The maximum atomic E-state index is 2.56. The van der Waals surface area contributed by atoms with E-state index in [2.05, 4.69) is 172 Å². The third-order valence-corrected chi connectivity index (χ3v) is 27.0. The zero-order valence-corrected chi connectivity index (χ0v) is 38.0. The summed E-state index contributed by atoms with van der Waals surface area (Å²) in [4.78, 5) is 0. The second kappa shape index (κ2) is 16.3. The molecule has 2 atom stereocenters. The molecule has 0 radical (unpaired) electrons. The molecular formula is C56H50Cl2Zr. The van der Waals surface area contributed by atoms with Gasteiger partial charge in [-0.1, -0.05) is 0 Å². The van der Waals surface area contributed by atoms with Crippen LogP contribution in [-0.4, -0.2) is 0 Å². The van der Waals surface area contributed by atoms with Crippen molar-refractivity contribution in [2.45, 2.75) is 67.9 Å². The van der Waals surface area contributed by atoms with E-state index in [-0.39, 0.29) is 24.8 Å². The van der Waals surface area contributed by atoms with E-state index >= 15 is 0 Å². The van der Waals surface area contributed by atoms with E-state index in [0.717, 1.165) is 0 Å². The molecule has 1 saturated heterocycles. The van der Waals surface area contributed by atoms with Gasteiger partial charge in [0.15, 0.2) is 0 Å². The van der Waals surface area contributed by atoms with Crippen molar-refractivity contribution in [1.82, 2.24) is 0 Å². The molecule has 3 aliphatic rings. The van der Waals surface area contributed by atoms with Gasteiger partial charge in [-0.2, -0.15) is 0 Å². The maximum Gasteiger partial charge on any atom is -1.00 e. The Kier molecular flexibility index (Phi) is 11.1. The molecule has 0 saturated carbocycles. The monoisotopic (exact) mass is 882 g/mol. The summed E-state index contributed by atoms with van der Waals surface area (Å²) in [6.45, 7) is 4.77. The van der Waals surface area contributed by atoms with Crippen LogP contribution in [0, 0.1) is 0 Å². The van der Waals surface area contributed by atoms with Gasteiger partial charge in [0.2, 0.25) is 0 Å². The van der Waals surface area contributed by atoms with Gasteiger partial charge in [-0.15, -0.1) is 0 Å². The van der Waals surface area contributed by atoms with Crippen LogP contribution in [0.3, 0.4) is 0 Å². The van der Waals surface area contributed by atoms with Crippen LogP contribution in [0.25, 0.3) is 54.2 Å². The fourth-order valence-electron chi connectivity index (χ4n) is 11.4. The van der Waals surface area contributed by atoms with Crippen molar-refractivity contribution in [3.63, 3.8) is 0 Å². The van der Waals surface area contributed by atoms with Gasteiger partial charge in [-0.3, -0.25) is 0 Å². The molecule has 1 fully saturated rings. The van der Waals surface area contributed by atoms with Crippen LogP contribution < -0.4 is 24.8 Å². The van der Waals surface area contributed by atoms with Crippen LogP contribution in [0.5, 0.6) is 0 Å². The van der Waals surface area contributed by atoms with Gasteiger partial charge in [-0.25, -0.2) is 0 Å². The number of allylic oxidation sites excluding steroid dienone is 2. The Bertz CT molecular complexity index is 2770. The van der Waals surface area contributed by atoms with Crippen molar-refractivity contribution in [3.8, 4) is 0 Å².